The normalized spacial score (nSPS) is 10.6. The van der Waals surface area contributed by atoms with Crippen LogP contribution in [-0.4, -0.2) is 21.5 Å². The molecule has 2 N–H and O–H groups in total. The third-order valence-corrected chi connectivity index (χ3v) is 2.39. The monoisotopic (exact) mass is 263 g/mol. The van der Waals surface area contributed by atoms with Crippen LogP contribution in [0.3, 0.4) is 0 Å². The Morgan fingerprint density at radius 3 is 2.68 bits per heavy atom. The third-order valence-electron chi connectivity index (χ3n) is 2.39. The minimum Gasteiger partial charge on any atom is -0.481 e. The van der Waals surface area contributed by atoms with E-state index < -0.39 is 16.4 Å². The predicted octanol–water partition coefficient (Wildman–Crippen LogP) is 2.13. The molecule has 0 aromatic heterocycles. The molecule has 0 spiro atoms. The van der Waals surface area contributed by atoms with Crippen molar-refractivity contribution in [1.29, 1.82) is 5.26 Å². The van der Waals surface area contributed by atoms with Gasteiger partial charge in [-0.15, -0.1) is 0 Å². The van der Waals surface area contributed by atoms with Crippen LogP contribution in [0.5, 0.6) is 0 Å². The van der Waals surface area contributed by atoms with Crippen LogP contribution in [0.15, 0.2) is 18.2 Å². The second kappa shape index (κ2) is 5.35. The minimum atomic E-state index is -1.02. The molecular weight excluding hydrogens is 250 g/mol. The van der Waals surface area contributed by atoms with Crippen molar-refractivity contribution in [1.82, 2.24) is 0 Å². The van der Waals surface area contributed by atoms with Gasteiger partial charge in [0.15, 0.2) is 0 Å². The Morgan fingerprint density at radius 2 is 2.21 bits per heavy atom. The van der Waals surface area contributed by atoms with Crippen LogP contribution >= 0.6 is 0 Å². The maximum absolute atomic E-state index is 10.9. The summed E-state index contributed by atoms with van der Waals surface area (Å²) in [5.41, 5.74) is -0.669. The zero-order valence-corrected chi connectivity index (χ0v) is 10.5. The molecule has 100 valence electrons. The van der Waals surface area contributed by atoms with Crippen molar-refractivity contribution in [3.63, 3.8) is 0 Å². The first-order chi connectivity index (χ1) is 8.75. The van der Waals surface area contributed by atoms with Crippen molar-refractivity contribution >= 4 is 17.3 Å². The number of rotatable bonds is 5. The van der Waals surface area contributed by atoms with Gasteiger partial charge in [0.2, 0.25) is 0 Å². The van der Waals surface area contributed by atoms with E-state index in [2.05, 4.69) is 5.32 Å². The van der Waals surface area contributed by atoms with Gasteiger partial charge in [-0.3, -0.25) is 14.9 Å². The van der Waals surface area contributed by atoms with Gasteiger partial charge in [0.25, 0.3) is 5.69 Å². The molecule has 0 aliphatic rings. The topological polar surface area (TPSA) is 116 Å². The lowest BCUT2D eigenvalue weighted by Crippen LogP contribution is -2.33. The molecule has 0 amide bonds. The van der Waals surface area contributed by atoms with Gasteiger partial charge in [-0.2, -0.15) is 5.26 Å². The van der Waals surface area contributed by atoms with Crippen molar-refractivity contribution in [2.45, 2.75) is 25.8 Å². The van der Waals surface area contributed by atoms with Crippen LogP contribution in [0, 0.1) is 21.4 Å². The van der Waals surface area contributed by atoms with Crippen LogP contribution in [0.1, 0.15) is 25.8 Å². The van der Waals surface area contributed by atoms with E-state index in [0.717, 1.165) is 0 Å². The number of carbonyl (C=O) groups is 1. The first-order valence-electron chi connectivity index (χ1n) is 5.44. The number of nitro benzene ring substituents is 1. The fourth-order valence-corrected chi connectivity index (χ4v) is 1.65. The van der Waals surface area contributed by atoms with Crippen LogP contribution in [0.25, 0.3) is 0 Å². The molecule has 0 fully saturated rings. The van der Waals surface area contributed by atoms with E-state index in [1.165, 1.54) is 18.2 Å². The molecule has 0 heterocycles. The number of nitriles is 1. The molecule has 0 radical (unpaired) electrons. The smallest absolute Gasteiger partial charge is 0.305 e. The van der Waals surface area contributed by atoms with E-state index in [0.29, 0.717) is 0 Å². The molecule has 1 aromatic rings. The molecule has 7 heteroatoms. The number of nitrogens with zero attached hydrogens (tertiary/aromatic N) is 2. The van der Waals surface area contributed by atoms with Crippen LogP contribution < -0.4 is 5.32 Å². The van der Waals surface area contributed by atoms with E-state index in [1.54, 1.807) is 13.8 Å². The molecule has 0 saturated carbocycles. The van der Waals surface area contributed by atoms with Gasteiger partial charge in [-0.25, -0.2) is 0 Å². The van der Waals surface area contributed by atoms with Crippen LogP contribution in [0.4, 0.5) is 11.4 Å². The van der Waals surface area contributed by atoms with Crippen LogP contribution in [0.2, 0.25) is 0 Å². The lowest BCUT2D eigenvalue weighted by atomic mass is 9.99. The quantitative estimate of drug-likeness (QED) is 0.620. The summed E-state index contributed by atoms with van der Waals surface area (Å²) in [6, 6.07) is 5.78. The Bertz CT molecular complexity index is 561. The number of anilines is 1. The number of hydrogen-bond acceptors (Lipinski definition) is 5. The van der Waals surface area contributed by atoms with Crippen LogP contribution in [-0.2, 0) is 4.79 Å². The second-order valence-corrected chi connectivity index (χ2v) is 4.68. The number of carboxylic acid groups (broad SMARTS) is 1. The first-order valence-corrected chi connectivity index (χ1v) is 5.44. The summed E-state index contributed by atoms with van der Waals surface area (Å²) < 4.78 is 0. The molecular formula is C12H13N3O4. The standard InChI is InChI=1S/C12H13N3O4/c1-12(2,6-11(16)17)14-9-5-8(7-13)3-4-10(9)15(18)19/h3-5,14H,6H2,1-2H3,(H,16,17). The van der Waals surface area contributed by atoms with Crippen molar-refractivity contribution in [2.24, 2.45) is 0 Å². The van der Waals surface area contributed by atoms with E-state index in [-0.39, 0.29) is 23.4 Å². The number of nitrogens with one attached hydrogen (secondary N) is 1. The van der Waals surface area contributed by atoms with E-state index in [9.17, 15) is 14.9 Å². The fourth-order valence-electron chi connectivity index (χ4n) is 1.65. The van der Waals surface area contributed by atoms with Crippen molar-refractivity contribution < 1.29 is 14.8 Å². The molecule has 7 nitrogen and oxygen atoms in total. The maximum atomic E-state index is 10.9. The molecule has 1 aromatic carbocycles. The Labute approximate surface area is 109 Å². The average molecular weight is 263 g/mol. The summed E-state index contributed by atoms with van der Waals surface area (Å²) >= 11 is 0. The molecule has 0 aliphatic heterocycles. The van der Waals surface area contributed by atoms with E-state index in [4.69, 9.17) is 10.4 Å². The molecule has 0 bridgehead atoms. The third kappa shape index (κ3) is 3.96. The number of aliphatic carboxylic acids is 1. The zero-order chi connectivity index (χ0) is 14.6. The number of benzene rings is 1. The molecule has 0 unspecified atom stereocenters. The Morgan fingerprint density at radius 1 is 1.58 bits per heavy atom. The lowest BCUT2D eigenvalue weighted by Gasteiger charge is -2.25. The lowest BCUT2D eigenvalue weighted by molar-refractivity contribution is -0.384. The Balaban J connectivity index is 3.14. The zero-order valence-electron chi connectivity index (χ0n) is 10.5. The highest BCUT2D eigenvalue weighted by Gasteiger charge is 2.25. The van der Waals surface area contributed by atoms with Gasteiger partial charge in [-0.05, 0) is 26.0 Å². The highest BCUT2D eigenvalue weighted by molar-refractivity contribution is 5.71. The second-order valence-electron chi connectivity index (χ2n) is 4.68. The fraction of sp³-hybridized carbons (Fsp3) is 0.333. The summed E-state index contributed by atoms with van der Waals surface area (Å²) in [6.45, 7) is 3.23. The average Bonchev–Trinajstić information content (AvgIpc) is 2.25. The number of hydrogen-bond donors (Lipinski definition) is 2. The van der Waals surface area contributed by atoms with E-state index in [1.807, 2.05) is 6.07 Å². The molecule has 19 heavy (non-hydrogen) atoms. The summed E-state index contributed by atoms with van der Waals surface area (Å²) in [5, 5.41) is 31.3. The molecule has 0 atom stereocenters. The van der Waals surface area contributed by atoms with Gasteiger partial charge < -0.3 is 10.4 Å². The number of nitro groups is 1. The largest absolute Gasteiger partial charge is 0.481 e. The van der Waals surface area contributed by atoms with Crippen molar-refractivity contribution in [3.05, 3.63) is 33.9 Å². The SMILES string of the molecule is CC(C)(CC(=O)O)Nc1cc(C#N)ccc1[N+](=O)[O-]. The summed E-state index contributed by atoms with van der Waals surface area (Å²) in [7, 11) is 0. The number of carboxylic acids is 1. The highest BCUT2D eigenvalue weighted by atomic mass is 16.6. The molecule has 0 aliphatic carbocycles. The maximum Gasteiger partial charge on any atom is 0.305 e. The van der Waals surface area contributed by atoms with Gasteiger partial charge in [0.1, 0.15) is 5.69 Å². The summed E-state index contributed by atoms with van der Waals surface area (Å²) in [4.78, 5) is 21.0. The van der Waals surface area contributed by atoms with E-state index >= 15 is 0 Å². The molecule has 1 rings (SSSR count). The minimum absolute atomic E-state index is 0.135. The van der Waals surface area contributed by atoms with Gasteiger partial charge in [0, 0.05) is 11.6 Å². The summed E-state index contributed by atoms with van der Waals surface area (Å²) in [6.07, 6.45) is -0.207. The van der Waals surface area contributed by atoms with Crippen molar-refractivity contribution in [2.75, 3.05) is 5.32 Å². The highest BCUT2D eigenvalue weighted by Crippen LogP contribution is 2.29. The van der Waals surface area contributed by atoms with Crippen molar-refractivity contribution in [3.8, 4) is 6.07 Å². The molecule has 0 saturated heterocycles. The van der Waals surface area contributed by atoms with Gasteiger partial charge in [0.05, 0.1) is 23.0 Å². The first kappa shape index (κ1) is 14.4. The Hall–Kier alpha value is -2.62. The Kier molecular flexibility index (Phi) is 4.07. The summed E-state index contributed by atoms with van der Waals surface area (Å²) in [5.74, 6) is -1.02. The van der Waals surface area contributed by atoms with Gasteiger partial charge >= 0.3 is 5.97 Å². The van der Waals surface area contributed by atoms with Gasteiger partial charge in [-0.1, -0.05) is 0 Å². The predicted molar refractivity (Wildman–Crippen MR) is 67.8 cm³/mol.